The molecule has 6 nitrogen and oxygen atoms in total. The molecule has 102 valence electrons. The van der Waals surface area contributed by atoms with Gasteiger partial charge in [-0.2, -0.15) is 0 Å². The van der Waals surface area contributed by atoms with Crippen LogP contribution in [0.5, 0.6) is 11.5 Å². The molecular formula is C13H15NO5. The molecule has 0 heterocycles. The number of para-hydroxylation sites is 1. The second-order valence-electron chi connectivity index (χ2n) is 4.70. The fourth-order valence-electron chi connectivity index (χ4n) is 1.87. The van der Waals surface area contributed by atoms with Gasteiger partial charge in [-0.15, -0.1) is 0 Å². The van der Waals surface area contributed by atoms with Crippen LogP contribution in [0.15, 0.2) is 18.2 Å². The maximum absolute atomic E-state index is 12.2. The van der Waals surface area contributed by atoms with E-state index in [2.05, 4.69) is 0 Å². The molecule has 1 amide bonds. The number of carboxylic acid groups (broad SMARTS) is 1. The van der Waals surface area contributed by atoms with Crippen molar-refractivity contribution in [3.63, 3.8) is 0 Å². The number of rotatable bonds is 5. The molecular weight excluding hydrogens is 250 g/mol. The highest BCUT2D eigenvalue weighted by atomic mass is 16.4. The van der Waals surface area contributed by atoms with Crippen molar-refractivity contribution in [1.29, 1.82) is 0 Å². The fraction of sp³-hybridized carbons (Fsp3) is 0.385. The molecule has 0 radical (unpaired) electrons. The van der Waals surface area contributed by atoms with E-state index in [1.165, 1.54) is 23.1 Å². The van der Waals surface area contributed by atoms with E-state index in [-0.39, 0.29) is 5.56 Å². The van der Waals surface area contributed by atoms with Crippen molar-refractivity contribution < 1.29 is 24.9 Å². The second kappa shape index (κ2) is 5.17. The molecule has 0 spiro atoms. The molecule has 0 aliphatic heterocycles. The van der Waals surface area contributed by atoms with Crippen LogP contribution >= 0.6 is 0 Å². The predicted octanol–water partition coefficient (Wildman–Crippen LogP) is 1.03. The quantitative estimate of drug-likeness (QED) is 0.691. The molecule has 0 aromatic heterocycles. The number of carbonyl (C=O) groups is 2. The molecule has 2 rings (SSSR count). The maximum Gasteiger partial charge on any atom is 0.323 e. The van der Waals surface area contributed by atoms with Gasteiger partial charge in [-0.05, 0) is 30.9 Å². The number of carbonyl (C=O) groups excluding carboxylic acids is 1. The molecule has 6 heteroatoms. The zero-order valence-electron chi connectivity index (χ0n) is 10.2. The first-order valence-corrected chi connectivity index (χ1v) is 6.01. The number of phenols is 2. The molecule has 0 atom stereocenters. The summed E-state index contributed by atoms with van der Waals surface area (Å²) >= 11 is 0. The normalized spacial score (nSPS) is 14.1. The van der Waals surface area contributed by atoms with E-state index >= 15 is 0 Å². The Morgan fingerprint density at radius 3 is 2.53 bits per heavy atom. The Balaban J connectivity index is 2.21. The van der Waals surface area contributed by atoms with Gasteiger partial charge < -0.3 is 20.2 Å². The third-order valence-corrected chi connectivity index (χ3v) is 3.03. The van der Waals surface area contributed by atoms with E-state index in [0.717, 1.165) is 12.8 Å². The van der Waals surface area contributed by atoms with Crippen molar-refractivity contribution in [2.24, 2.45) is 5.92 Å². The van der Waals surface area contributed by atoms with E-state index in [9.17, 15) is 19.8 Å². The van der Waals surface area contributed by atoms with Crippen molar-refractivity contribution >= 4 is 11.9 Å². The molecule has 0 saturated heterocycles. The van der Waals surface area contributed by atoms with Gasteiger partial charge in [0.05, 0.1) is 5.56 Å². The molecule has 1 aromatic carbocycles. The number of amides is 1. The Morgan fingerprint density at radius 2 is 1.95 bits per heavy atom. The zero-order chi connectivity index (χ0) is 14.0. The van der Waals surface area contributed by atoms with Crippen LogP contribution in [0, 0.1) is 5.92 Å². The molecule has 1 aliphatic carbocycles. The average molecular weight is 265 g/mol. The molecule has 1 fully saturated rings. The predicted molar refractivity (Wildman–Crippen MR) is 66.0 cm³/mol. The van der Waals surface area contributed by atoms with Crippen molar-refractivity contribution in [2.75, 3.05) is 13.1 Å². The van der Waals surface area contributed by atoms with Gasteiger partial charge in [-0.1, -0.05) is 6.07 Å². The average Bonchev–Trinajstić information content (AvgIpc) is 3.14. The Morgan fingerprint density at radius 1 is 1.26 bits per heavy atom. The van der Waals surface area contributed by atoms with Crippen LogP contribution in [0.25, 0.3) is 0 Å². The monoisotopic (exact) mass is 265 g/mol. The van der Waals surface area contributed by atoms with Gasteiger partial charge >= 0.3 is 5.97 Å². The van der Waals surface area contributed by atoms with Gasteiger partial charge in [-0.3, -0.25) is 9.59 Å². The topological polar surface area (TPSA) is 98.1 Å². The number of hydrogen-bond acceptors (Lipinski definition) is 4. The number of aromatic hydroxyl groups is 2. The number of benzene rings is 1. The number of aliphatic carboxylic acids is 1. The van der Waals surface area contributed by atoms with E-state index in [0.29, 0.717) is 12.5 Å². The van der Waals surface area contributed by atoms with Crippen molar-refractivity contribution in [2.45, 2.75) is 12.8 Å². The minimum atomic E-state index is -1.10. The van der Waals surface area contributed by atoms with Crippen LogP contribution in [-0.4, -0.2) is 45.2 Å². The Kier molecular flexibility index (Phi) is 3.59. The van der Waals surface area contributed by atoms with E-state index in [1.54, 1.807) is 0 Å². The standard InChI is InChI=1S/C13H15NO5/c15-10-3-1-2-9(12(10)18)13(19)14(7-11(16)17)6-8-4-5-8/h1-3,8,15,18H,4-7H2,(H,16,17). The summed E-state index contributed by atoms with van der Waals surface area (Å²) in [5.74, 6) is -2.26. The summed E-state index contributed by atoms with van der Waals surface area (Å²) in [6, 6.07) is 4.05. The zero-order valence-corrected chi connectivity index (χ0v) is 10.2. The van der Waals surface area contributed by atoms with E-state index < -0.39 is 29.9 Å². The summed E-state index contributed by atoms with van der Waals surface area (Å²) in [4.78, 5) is 24.2. The maximum atomic E-state index is 12.2. The first-order valence-electron chi connectivity index (χ1n) is 6.01. The lowest BCUT2D eigenvalue weighted by Gasteiger charge is -2.21. The van der Waals surface area contributed by atoms with Gasteiger partial charge in [0, 0.05) is 6.54 Å². The summed E-state index contributed by atoms with van der Waals surface area (Å²) in [5, 5.41) is 27.9. The SMILES string of the molecule is O=C(O)CN(CC1CC1)C(=O)c1cccc(O)c1O. The van der Waals surface area contributed by atoms with Crippen LogP contribution in [0.1, 0.15) is 23.2 Å². The highest BCUT2D eigenvalue weighted by Crippen LogP contribution is 2.32. The number of hydrogen-bond donors (Lipinski definition) is 3. The summed E-state index contributed by atoms with van der Waals surface area (Å²) in [5.41, 5.74) is -0.0816. The lowest BCUT2D eigenvalue weighted by Crippen LogP contribution is -2.37. The molecule has 1 aliphatic rings. The van der Waals surface area contributed by atoms with Crippen LogP contribution in [0.2, 0.25) is 0 Å². The Hall–Kier alpha value is -2.24. The van der Waals surface area contributed by atoms with Gasteiger partial charge in [0.2, 0.25) is 0 Å². The third kappa shape index (κ3) is 3.15. The summed E-state index contributed by atoms with van der Waals surface area (Å²) in [6.07, 6.45) is 1.96. The third-order valence-electron chi connectivity index (χ3n) is 3.03. The Labute approximate surface area is 109 Å². The highest BCUT2D eigenvalue weighted by molar-refractivity contribution is 5.98. The van der Waals surface area contributed by atoms with E-state index in [4.69, 9.17) is 5.11 Å². The number of carboxylic acids is 1. The smallest absolute Gasteiger partial charge is 0.323 e. The van der Waals surface area contributed by atoms with Crippen LogP contribution in [-0.2, 0) is 4.79 Å². The lowest BCUT2D eigenvalue weighted by molar-refractivity contribution is -0.137. The first-order chi connectivity index (χ1) is 8.99. The lowest BCUT2D eigenvalue weighted by atomic mass is 10.1. The number of phenolic OH excluding ortho intramolecular Hbond substituents is 2. The molecule has 0 unspecified atom stereocenters. The van der Waals surface area contributed by atoms with Crippen LogP contribution in [0.4, 0.5) is 0 Å². The largest absolute Gasteiger partial charge is 0.504 e. The van der Waals surface area contributed by atoms with Crippen LogP contribution < -0.4 is 0 Å². The van der Waals surface area contributed by atoms with Crippen molar-refractivity contribution in [3.05, 3.63) is 23.8 Å². The van der Waals surface area contributed by atoms with Gasteiger partial charge in [0.15, 0.2) is 11.5 Å². The van der Waals surface area contributed by atoms with Crippen molar-refractivity contribution in [3.8, 4) is 11.5 Å². The molecule has 0 bridgehead atoms. The van der Waals surface area contributed by atoms with Gasteiger partial charge in [-0.25, -0.2) is 0 Å². The second-order valence-corrected chi connectivity index (χ2v) is 4.70. The summed E-state index contributed by atoms with van der Waals surface area (Å²) in [7, 11) is 0. The molecule has 3 N–H and O–H groups in total. The molecule has 19 heavy (non-hydrogen) atoms. The Bertz CT molecular complexity index is 510. The highest BCUT2D eigenvalue weighted by Gasteiger charge is 2.29. The van der Waals surface area contributed by atoms with Gasteiger partial charge in [0.25, 0.3) is 5.91 Å². The van der Waals surface area contributed by atoms with E-state index in [1.807, 2.05) is 0 Å². The minimum absolute atomic E-state index is 0.0816. The van der Waals surface area contributed by atoms with Crippen molar-refractivity contribution in [1.82, 2.24) is 4.90 Å². The molecule has 1 aromatic rings. The van der Waals surface area contributed by atoms with Crippen LogP contribution in [0.3, 0.4) is 0 Å². The summed E-state index contributed by atoms with van der Waals surface area (Å²) < 4.78 is 0. The first kappa shape index (κ1) is 13.2. The summed E-state index contributed by atoms with van der Waals surface area (Å²) in [6.45, 7) is -0.0509. The number of nitrogens with zero attached hydrogens (tertiary/aromatic N) is 1. The van der Waals surface area contributed by atoms with Gasteiger partial charge in [0.1, 0.15) is 6.54 Å². The fourth-order valence-corrected chi connectivity index (χ4v) is 1.87. The molecule has 1 saturated carbocycles. The minimum Gasteiger partial charge on any atom is -0.504 e.